The highest BCUT2D eigenvalue weighted by Gasteiger charge is 2.25. The summed E-state index contributed by atoms with van der Waals surface area (Å²) in [6.45, 7) is 9.16. The van der Waals surface area contributed by atoms with Crippen LogP contribution in [0.4, 0.5) is 0 Å². The first-order valence-electron chi connectivity index (χ1n) is 9.55. The lowest BCUT2D eigenvalue weighted by Crippen LogP contribution is -3.16. The van der Waals surface area contributed by atoms with Gasteiger partial charge in [-0.15, -0.1) is 0 Å². The molecule has 2 N–H and O–H groups in total. The first-order chi connectivity index (χ1) is 13.2. The summed E-state index contributed by atoms with van der Waals surface area (Å²) in [5, 5.41) is 2.99. The number of carbonyl (C=O) groups is 2. The summed E-state index contributed by atoms with van der Waals surface area (Å²) in [6, 6.07) is 5.46. The third-order valence-corrected chi connectivity index (χ3v) is 4.55. The zero-order valence-electron chi connectivity index (χ0n) is 17.5. The lowest BCUT2D eigenvalue weighted by Gasteiger charge is -2.32. The summed E-state index contributed by atoms with van der Waals surface area (Å²) in [7, 11) is 3.20. The molecule has 1 aliphatic heterocycles. The smallest absolute Gasteiger partial charge is 0.275 e. The fourth-order valence-electron chi connectivity index (χ4n) is 3.15. The maximum Gasteiger partial charge on any atom is 0.275 e. The summed E-state index contributed by atoms with van der Waals surface area (Å²) in [5.41, 5.74) is 0.568. The van der Waals surface area contributed by atoms with Crippen molar-refractivity contribution in [3.63, 3.8) is 0 Å². The van der Waals surface area contributed by atoms with Gasteiger partial charge in [-0.2, -0.15) is 0 Å². The van der Waals surface area contributed by atoms with E-state index in [1.54, 1.807) is 26.4 Å². The molecule has 7 heteroatoms. The van der Waals surface area contributed by atoms with E-state index < -0.39 is 0 Å². The quantitative estimate of drug-likeness (QED) is 0.688. The average Bonchev–Trinajstić information content (AvgIpc) is 2.64. The molecular weight excluding hydrogens is 358 g/mol. The molecular formula is C21H32N3O4+. The van der Waals surface area contributed by atoms with Gasteiger partial charge < -0.3 is 24.6 Å². The SMILES string of the molecule is COc1ccc(OC)c(/C=C/C(=O)N2CC[NH+](CC(=O)NC(C)(C)C)CC2)c1. The van der Waals surface area contributed by atoms with Crippen LogP contribution in [0.2, 0.25) is 0 Å². The maximum absolute atomic E-state index is 12.5. The minimum atomic E-state index is -0.222. The number of amides is 2. The molecule has 2 amide bonds. The van der Waals surface area contributed by atoms with Crippen LogP contribution in [0.3, 0.4) is 0 Å². The molecule has 28 heavy (non-hydrogen) atoms. The fourth-order valence-corrected chi connectivity index (χ4v) is 3.15. The molecule has 0 saturated carbocycles. The van der Waals surface area contributed by atoms with E-state index in [-0.39, 0.29) is 17.4 Å². The highest BCUT2D eigenvalue weighted by atomic mass is 16.5. The number of carbonyl (C=O) groups excluding carboxylic acids is 2. The second-order valence-electron chi connectivity index (χ2n) is 7.99. The number of nitrogens with one attached hydrogen (secondary N) is 2. The fraction of sp³-hybridized carbons (Fsp3) is 0.524. The Kier molecular flexibility index (Phi) is 7.45. The highest BCUT2D eigenvalue weighted by Crippen LogP contribution is 2.25. The van der Waals surface area contributed by atoms with E-state index in [4.69, 9.17) is 9.47 Å². The number of hydrogen-bond acceptors (Lipinski definition) is 4. The number of quaternary nitrogens is 1. The van der Waals surface area contributed by atoms with Crippen LogP contribution < -0.4 is 19.7 Å². The van der Waals surface area contributed by atoms with Gasteiger partial charge in [-0.05, 0) is 45.0 Å². The number of hydrogen-bond donors (Lipinski definition) is 2. The minimum absolute atomic E-state index is 0.0388. The Morgan fingerprint density at radius 2 is 1.86 bits per heavy atom. The van der Waals surface area contributed by atoms with Gasteiger partial charge in [0, 0.05) is 17.2 Å². The van der Waals surface area contributed by atoms with Crippen LogP contribution in [0.15, 0.2) is 24.3 Å². The van der Waals surface area contributed by atoms with E-state index in [1.165, 1.54) is 4.90 Å². The van der Waals surface area contributed by atoms with Gasteiger partial charge >= 0.3 is 0 Å². The van der Waals surface area contributed by atoms with Crippen LogP contribution in [-0.2, 0) is 9.59 Å². The van der Waals surface area contributed by atoms with E-state index in [0.29, 0.717) is 31.1 Å². The molecule has 1 aliphatic rings. The molecule has 2 rings (SSSR count). The van der Waals surface area contributed by atoms with Crippen LogP contribution in [0.25, 0.3) is 6.08 Å². The normalized spacial score (nSPS) is 15.5. The van der Waals surface area contributed by atoms with Crippen molar-refractivity contribution in [3.8, 4) is 11.5 Å². The zero-order valence-corrected chi connectivity index (χ0v) is 17.5. The van der Waals surface area contributed by atoms with Crippen molar-refractivity contribution in [2.45, 2.75) is 26.3 Å². The lowest BCUT2D eigenvalue weighted by atomic mass is 10.1. The van der Waals surface area contributed by atoms with Gasteiger partial charge in [0.15, 0.2) is 6.54 Å². The second kappa shape index (κ2) is 9.59. The molecule has 1 fully saturated rings. The Morgan fingerprint density at radius 1 is 1.18 bits per heavy atom. The van der Waals surface area contributed by atoms with Gasteiger partial charge in [0.05, 0.1) is 40.4 Å². The number of rotatable bonds is 6. The predicted octanol–water partition coefficient (Wildman–Crippen LogP) is 0.359. The Morgan fingerprint density at radius 3 is 2.43 bits per heavy atom. The van der Waals surface area contributed by atoms with E-state index in [9.17, 15) is 9.59 Å². The predicted molar refractivity (Wildman–Crippen MR) is 109 cm³/mol. The van der Waals surface area contributed by atoms with E-state index in [2.05, 4.69) is 5.32 Å². The van der Waals surface area contributed by atoms with E-state index in [0.717, 1.165) is 18.7 Å². The van der Waals surface area contributed by atoms with Gasteiger partial charge in [-0.3, -0.25) is 9.59 Å². The molecule has 1 heterocycles. The van der Waals surface area contributed by atoms with Crippen molar-refractivity contribution in [1.29, 1.82) is 0 Å². The number of ether oxygens (including phenoxy) is 2. The average molecular weight is 391 g/mol. The van der Waals surface area contributed by atoms with Gasteiger partial charge in [-0.25, -0.2) is 0 Å². The van der Waals surface area contributed by atoms with Gasteiger partial charge in [-0.1, -0.05) is 0 Å². The lowest BCUT2D eigenvalue weighted by molar-refractivity contribution is -0.896. The van der Waals surface area contributed by atoms with Crippen LogP contribution in [0, 0.1) is 0 Å². The molecule has 1 aromatic rings. The third-order valence-electron chi connectivity index (χ3n) is 4.55. The first-order valence-corrected chi connectivity index (χ1v) is 9.55. The van der Waals surface area contributed by atoms with Crippen molar-refractivity contribution in [1.82, 2.24) is 10.2 Å². The van der Waals surface area contributed by atoms with Gasteiger partial charge in [0.25, 0.3) is 5.91 Å². The van der Waals surface area contributed by atoms with Crippen LogP contribution in [0.5, 0.6) is 11.5 Å². The zero-order chi connectivity index (χ0) is 20.7. The Balaban J connectivity index is 1.88. The van der Waals surface area contributed by atoms with Crippen LogP contribution >= 0.6 is 0 Å². The molecule has 0 aromatic heterocycles. The molecule has 7 nitrogen and oxygen atoms in total. The van der Waals surface area contributed by atoms with E-state index in [1.807, 2.05) is 43.9 Å². The summed E-state index contributed by atoms with van der Waals surface area (Å²) < 4.78 is 10.6. The molecule has 0 atom stereocenters. The van der Waals surface area contributed by atoms with Gasteiger partial charge in [0.1, 0.15) is 11.5 Å². The monoisotopic (exact) mass is 390 g/mol. The summed E-state index contributed by atoms with van der Waals surface area (Å²) in [4.78, 5) is 27.6. The second-order valence-corrected chi connectivity index (χ2v) is 7.99. The third kappa shape index (κ3) is 6.56. The number of benzene rings is 1. The Bertz CT molecular complexity index is 717. The van der Waals surface area contributed by atoms with Gasteiger partial charge in [0.2, 0.25) is 5.91 Å². The molecule has 1 saturated heterocycles. The van der Waals surface area contributed by atoms with E-state index >= 15 is 0 Å². The number of nitrogens with zero attached hydrogens (tertiary/aromatic N) is 1. The molecule has 154 valence electrons. The van der Waals surface area contributed by atoms with Crippen molar-refractivity contribution in [2.24, 2.45) is 0 Å². The Hall–Kier alpha value is -2.54. The maximum atomic E-state index is 12.5. The largest absolute Gasteiger partial charge is 0.497 e. The summed E-state index contributed by atoms with van der Waals surface area (Å²) >= 11 is 0. The summed E-state index contributed by atoms with van der Waals surface area (Å²) in [5.74, 6) is 1.40. The first kappa shape index (κ1) is 21.8. The Labute approximate surface area is 167 Å². The topological polar surface area (TPSA) is 72.3 Å². The van der Waals surface area contributed by atoms with Crippen LogP contribution in [-0.4, -0.2) is 69.2 Å². The molecule has 0 unspecified atom stereocenters. The molecule has 0 bridgehead atoms. The molecule has 1 aromatic carbocycles. The minimum Gasteiger partial charge on any atom is -0.497 e. The van der Waals surface area contributed by atoms with Crippen molar-refractivity contribution < 1.29 is 24.0 Å². The molecule has 0 spiro atoms. The summed E-state index contributed by atoms with van der Waals surface area (Å²) in [6.07, 6.45) is 3.31. The number of methoxy groups -OCH3 is 2. The molecule has 0 radical (unpaired) electrons. The standard InChI is InChI=1S/C21H31N3O4/c1-21(2,3)22-19(25)15-23-10-12-24(13-11-23)20(26)9-6-16-14-17(27-4)7-8-18(16)28-5/h6-9,14H,10-13,15H2,1-5H3,(H,22,25)/p+1/b9-6+. The molecule has 0 aliphatic carbocycles. The van der Waals surface area contributed by atoms with Crippen molar-refractivity contribution >= 4 is 17.9 Å². The van der Waals surface area contributed by atoms with Crippen LogP contribution in [0.1, 0.15) is 26.3 Å². The van der Waals surface area contributed by atoms with Crippen molar-refractivity contribution in [2.75, 3.05) is 46.9 Å². The number of piperazine rings is 1. The van der Waals surface area contributed by atoms with Crippen molar-refractivity contribution in [3.05, 3.63) is 29.8 Å². The highest BCUT2D eigenvalue weighted by molar-refractivity contribution is 5.92.